The molecular formula is C16H22IN5O2S2. The Labute approximate surface area is 174 Å². The van der Waals surface area contributed by atoms with Crippen LogP contribution in [0.1, 0.15) is 0 Å². The highest BCUT2D eigenvalue weighted by molar-refractivity contribution is 14.0. The van der Waals surface area contributed by atoms with Crippen LogP contribution >= 0.6 is 35.3 Å². The Kier molecular flexibility index (Phi) is 7.65. The van der Waals surface area contributed by atoms with Crippen LogP contribution in [0.5, 0.6) is 0 Å². The molecule has 1 aliphatic heterocycles. The van der Waals surface area contributed by atoms with Gasteiger partial charge in [-0.05, 0) is 12.1 Å². The lowest BCUT2D eigenvalue weighted by Gasteiger charge is -2.35. The van der Waals surface area contributed by atoms with Crippen LogP contribution in [0, 0.1) is 0 Å². The van der Waals surface area contributed by atoms with Crippen molar-refractivity contribution < 1.29 is 8.42 Å². The highest BCUT2D eigenvalue weighted by Gasteiger charge is 2.20. The van der Waals surface area contributed by atoms with Gasteiger partial charge < -0.3 is 15.5 Å². The van der Waals surface area contributed by atoms with E-state index >= 15 is 0 Å². The van der Waals surface area contributed by atoms with Gasteiger partial charge in [0.15, 0.2) is 20.9 Å². The lowest BCUT2D eigenvalue weighted by molar-refractivity contribution is 0.381. The number of guanidine groups is 1. The van der Waals surface area contributed by atoms with Crippen LogP contribution in [-0.4, -0.2) is 62.7 Å². The lowest BCUT2D eigenvalue weighted by Crippen LogP contribution is -2.51. The summed E-state index contributed by atoms with van der Waals surface area (Å²) in [6.07, 6.45) is 1.80. The van der Waals surface area contributed by atoms with Crippen LogP contribution in [0.4, 0.5) is 5.13 Å². The molecule has 0 spiro atoms. The van der Waals surface area contributed by atoms with Gasteiger partial charge in [-0.3, -0.25) is 4.99 Å². The second kappa shape index (κ2) is 9.51. The van der Waals surface area contributed by atoms with Crippen LogP contribution in [0.3, 0.4) is 0 Å². The van der Waals surface area contributed by atoms with E-state index in [9.17, 15) is 8.42 Å². The third-order valence-electron chi connectivity index (χ3n) is 4.03. The molecule has 0 unspecified atom stereocenters. The van der Waals surface area contributed by atoms with Crippen molar-refractivity contribution in [1.82, 2.24) is 9.88 Å². The first-order valence-electron chi connectivity index (χ1n) is 8.03. The molecule has 3 rings (SSSR count). The molecule has 1 aromatic carbocycles. The van der Waals surface area contributed by atoms with Gasteiger partial charge in [-0.15, -0.1) is 35.3 Å². The van der Waals surface area contributed by atoms with Gasteiger partial charge in [0.2, 0.25) is 0 Å². The number of hydrogen-bond acceptors (Lipinski definition) is 6. The summed E-state index contributed by atoms with van der Waals surface area (Å²) < 4.78 is 24.5. The van der Waals surface area contributed by atoms with E-state index in [-0.39, 0.29) is 36.3 Å². The molecule has 0 atom stereocenters. The molecule has 0 radical (unpaired) electrons. The van der Waals surface area contributed by atoms with E-state index in [1.165, 1.54) is 0 Å². The molecule has 0 bridgehead atoms. The summed E-state index contributed by atoms with van der Waals surface area (Å²) in [4.78, 5) is 13.1. The standard InChI is InChI=1S/C16H21N5O2S2.HI/c17-15(18-7-13-25(22,23)14-4-2-1-3-5-14)20-8-10-21(11-9-20)16-19-6-12-24-16;/h1-6,12H,7-11,13H2,(H2,17,18);1H. The molecule has 142 valence electrons. The van der Waals surface area contributed by atoms with Crippen LogP contribution in [0.25, 0.3) is 0 Å². The summed E-state index contributed by atoms with van der Waals surface area (Å²) >= 11 is 1.62. The van der Waals surface area contributed by atoms with Crippen molar-refractivity contribution in [3.05, 3.63) is 41.9 Å². The quantitative estimate of drug-likeness (QED) is 0.376. The maximum absolute atomic E-state index is 12.2. The number of halogens is 1. The third kappa shape index (κ3) is 5.30. The summed E-state index contributed by atoms with van der Waals surface area (Å²) in [7, 11) is -3.32. The van der Waals surface area contributed by atoms with E-state index in [0.29, 0.717) is 10.9 Å². The molecule has 10 heteroatoms. The largest absolute Gasteiger partial charge is 0.370 e. The molecule has 1 aromatic heterocycles. The Hall–Kier alpha value is -1.40. The third-order valence-corrected chi connectivity index (χ3v) is 6.57. The molecule has 1 fully saturated rings. The minimum atomic E-state index is -3.32. The minimum absolute atomic E-state index is 0. The predicted molar refractivity (Wildman–Crippen MR) is 116 cm³/mol. The zero-order valence-electron chi connectivity index (χ0n) is 14.2. The van der Waals surface area contributed by atoms with Crippen LogP contribution in [0.2, 0.25) is 0 Å². The van der Waals surface area contributed by atoms with Crippen LogP contribution < -0.4 is 10.6 Å². The van der Waals surface area contributed by atoms with E-state index < -0.39 is 9.84 Å². The van der Waals surface area contributed by atoms with E-state index in [1.807, 2.05) is 10.3 Å². The van der Waals surface area contributed by atoms with Gasteiger partial charge in [0.1, 0.15) is 0 Å². The minimum Gasteiger partial charge on any atom is -0.370 e. The smallest absolute Gasteiger partial charge is 0.191 e. The van der Waals surface area contributed by atoms with Gasteiger partial charge in [-0.1, -0.05) is 18.2 Å². The Balaban J connectivity index is 0.00000243. The van der Waals surface area contributed by atoms with Gasteiger partial charge >= 0.3 is 0 Å². The Morgan fingerprint density at radius 3 is 2.50 bits per heavy atom. The normalized spacial score (nSPS) is 15.6. The zero-order valence-corrected chi connectivity index (χ0v) is 18.2. The first kappa shape index (κ1) is 20.9. The van der Waals surface area contributed by atoms with Crippen molar-refractivity contribution in [1.29, 1.82) is 0 Å². The monoisotopic (exact) mass is 507 g/mol. The Morgan fingerprint density at radius 1 is 1.19 bits per heavy atom. The number of thiazole rings is 1. The highest BCUT2D eigenvalue weighted by Crippen LogP contribution is 2.18. The SMILES string of the molecule is I.NC(=NCCS(=O)(=O)c1ccccc1)N1CCN(c2nccs2)CC1. The fourth-order valence-electron chi connectivity index (χ4n) is 2.62. The number of hydrogen-bond donors (Lipinski definition) is 1. The maximum Gasteiger partial charge on any atom is 0.191 e. The second-order valence-corrected chi connectivity index (χ2v) is 8.64. The second-order valence-electron chi connectivity index (χ2n) is 5.66. The molecule has 0 saturated carbocycles. The summed E-state index contributed by atoms with van der Waals surface area (Å²) in [5.41, 5.74) is 6.03. The van der Waals surface area contributed by atoms with E-state index in [0.717, 1.165) is 31.3 Å². The fraction of sp³-hybridized carbons (Fsp3) is 0.375. The van der Waals surface area contributed by atoms with Crippen molar-refractivity contribution in [2.45, 2.75) is 4.90 Å². The summed E-state index contributed by atoms with van der Waals surface area (Å²) in [5, 5.41) is 2.98. The van der Waals surface area contributed by atoms with Crippen molar-refractivity contribution in [3.63, 3.8) is 0 Å². The van der Waals surface area contributed by atoms with Crippen molar-refractivity contribution in [2.75, 3.05) is 43.4 Å². The van der Waals surface area contributed by atoms with Crippen molar-refractivity contribution in [2.24, 2.45) is 10.7 Å². The Bertz CT molecular complexity index is 804. The number of aliphatic imine (C=N–C) groups is 1. The number of piperazine rings is 1. The topological polar surface area (TPSA) is 91.9 Å². The molecule has 2 N–H and O–H groups in total. The summed E-state index contributed by atoms with van der Waals surface area (Å²) in [6.45, 7) is 3.31. The predicted octanol–water partition coefficient (Wildman–Crippen LogP) is 1.67. The first-order chi connectivity index (χ1) is 12.1. The first-order valence-corrected chi connectivity index (χ1v) is 10.6. The molecule has 7 nitrogen and oxygen atoms in total. The molecule has 2 heterocycles. The fourth-order valence-corrected chi connectivity index (χ4v) is 4.46. The van der Waals surface area contributed by atoms with Gasteiger partial charge in [-0.25, -0.2) is 13.4 Å². The van der Waals surface area contributed by atoms with Crippen molar-refractivity contribution in [3.8, 4) is 0 Å². The number of benzene rings is 1. The lowest BCUT2D eigenvalue weighted by atomic mass is 10.3. The van der Waals surface area contributed by atoms with Gasteiger partial charge in [0.05, 0.1) is 17.2 Å². The number of nitrogens with zero attached hydrogens (tertiary/aromatic N) is 4. The van der Waals surface area contributed by atoms with E-state index in [1.54, 1.807) is 47.9 Å². The maximum atomic E-state index is 12.2. The average Bonchev–Trinajstić information content (AvgIpc) is 3.17. The van der Waals surface area contributed by atoms with Crippen LogP contribution in [-0.2, 0) is 9.84 Å². The molecule has 0 aliphatic carbocycles. The average molecular weight is 507 g/mol. The molecule has 2 aromatic rings. The molecule has 0 amide bonds. The summed E-state index contributed by atoms with van der Waals surface area (Å²) in [6, 6.07) is 8.42. The number of aromatic nitrogens is 1. The molecule has 26 heavy (non-hydrogen) atoms. The summed E-state index contributed by atoms with van der Waals surface area (Å²) in [5.74, 6) is 0.360. The van der Waals surface area contributed by atoms with Crippen LogP contribution in [0.15, 0.2) is 51.8 Å². The number of anilines is 1. The van der Waals surface area contributed by atoms with Gasteiger partial charge in [-0.2, -0.15) is 0 Å². The molecule has 1 aliphatic rings. The Morgan fingerprint density at radius 2 is 1.88 bits per heavy atom. The van der Waals surface area contributed by atoms with Crippen molar-refractivity contribution >= 4 is 56.2 Å². The number of nitrogens with two attached hydrogens (primary N) is 1. The van der Waals surface area contributed by atoms with Gasteiger partial charge in [0, 0.05) is 37.8 Å². The zero-order chi connectivity index (χ0) is 17.7. The van der Waals surface area contributed by atoms with Gasteiger partial charge in [0.25, 0.3) is 0 Å². The van der Waals surface area contributed by atoms with E-state index in [4.69, 9.17) is 5.73 Å². The molecular weight excluding hydrogens is 485 g/mol. The highest BCUT2D eigenvalue weighted by atomic mass is 127. The molecule has 1 saturated heterocycles. The van der Waals surface area contributed by atoms with E-state index in [2.05, 4.69) is 14.9 Å². The number of sulfone groups is 1. The number of rotatable bonds is 5.